The molecule has 3 N–H and O–H groups in total. The zero-order chi connectivity index (χ0) is 11.0. The number of thioether (sulfide) groups is 1. The van der Waals surface area contributed by atoms with Gasteiger partial charge in [0, 0.05) is 18.4 Å². The molecular weight excluding hydrogens is 198 g/mol. The molecule has 0 aromatic rings. The zero-order valence-electron chi connectivity index (χ0n) is 9.40. The molecule has 0 amide bonds. The number of nitrogens with two attached hydrogens (primary N) is 1. The van der Waals surface area contributed by atoms with Crippen LogP contribution in [-0.4, -0.2) is 42.5 Å². The van der Waals surface area contributed by atoms with Crippen molar-refractivity contribution in [2.24, 2.45) is 11.7 Å². The van der Waals surface area contributed by atoms with Gasteiger partial charge in [-0.05, 0) is 18.1 Å². The summed E-state index contributed by atoms with van der Waals surface area (Å²) in [6, 6.07) is -0.0674. The Balaban J connectivity index is 3.66. The number of aliphatic hydroxyl groups excluding tert-OH is 1. The maximum Gasteiger partial charge on any atom is 0.0625 e. The third kappa shape index (κ3) is 6.65. The van der Waals surface area contributed by atoms with E-state index < -0.39 is 0 Å². The molecule has 0 fully saturated rings. The maximum atomic E-state index is 9.13. The van der Waals surface area contributed by atoms with E-state index in [9.17, 15) is 0 Å². The van der Waals surface area contributed by atoms with Gasteiger partial charge in [0.25, 0.3) is 0 Å². The van der Waals surface area contributed by atoms with Crippen molar-refractivity contribution in [3.63, 3.8) is 0 Å². The Labute approximate surface area is 91.4 Å². The third-order valence-corrected chi connectivity index (χ3v) is 3.44. The van der Waals surface area contributed by atoms with Crippen LogP contribution in [0.1, 0.15) is 20.3 Å². The van der Waals surface area contributed by atoms with Crippen molar-refractivity contribution < 1.29 is 9.84 Å². The van der Waals surface area contributed by atoms with Gasteiger partial charge in [0.05, 0.1) is 13.2 Å². The van der Waals surface area contributed by atoms with E-state index >= 15 is 0 Å². The molecule has 4 heteroatoms. The molecule has 86 valence electrons. The first-order chi connectivity index (χ1) is 6.61. The summed E-state index contributed by atoms with van der Waals surface area (Å²) in [5, 5.41) is 9.24. The molecule has 14 heavy (non-hydrogen) atoms. The third-order valence-electron chi connectivity index (χ3n) is 2.04. The largest absolute Gasteiger partial charge is 0.395 e. The van der Waals surface area contributed by atoms with Crippen LogP contribution in [0, 0.1) is 5.92 Å². The SMILES string of the molecule is COCC(N)C(CO)SCCC(C)C. The number of aliphatic hydroxyl groups is 1. The van der Waals surface area contributed by atoms with E-state index in [0.29, 0.717) is 12.5 Å². The van der Waals surface area contributed by atoms with Gasteiger partial charge in [-0.15, -0.1) is 0 Å². The van der Waals surface area contributed by atoms with E-state index in [1.54, 1.807) is 18.9 Å². The van der Waals surface area contributed by atoms with Gasteiger partial charge < -0.3 is 15.6 Å². The fraction of sp³-hybridized carbons (Fsp3) is 1.00. The molecular formula is C10H23NO2S. The average molecular weight is 221 g/mol. The fourth-order valence-corrected chi connectivity index (χ4v) is 2.41. The second kappa shape index (κ2) is 8.53. The zero-order valence-corrected chi connectivity index (χ0v) is 10.2. The number of methoxy groups -OCH3 is 1. The minimum Gasteiger partial charge on any atom is -0.395 e. The molecule has 0 aliphatic heterocycles. The van der Waals surface area contributed by atoms with Crippen LogP contribution in [0.15, 0.2) is 0 Å². The lowest BCUT2D eigenvalue weighted by Gasteiger charge is -2.21. The molecule has 0 rings (SSSR count). The minimum atomic E-state index is -0.0674. The smallest absolute Gasteiger partial charge is 0.0625 e. The van der Waals surface area contributed by atoms with Crippen molar-refractivity contribution in [1.82, 2.24) is 0 Å². The van der Waals surface area contributed by atoms with Crippen LogP contribution in [0.5, 0.6) is 0 Å². The first-order valence-electron chi connectivity index (χ1n) is 5.08. The lowest BCUT2D eigenvalue weighted by atomic mass is 10.2. The molecule has 0 aliphatic rings. The van der Waals surface area contributed by atoms with Crippen molar-refractivity contribution in [1.29, 1.82) is 0 Å². The molecule has 0 aliphatic carbocycles. The standard InChI is InChI=1S/C10H23NO2S/c1-8(2)4-5-14-10(6-12)9(11)7-13-3/h8-10,12H,4-7,11H2,1-3H3. The highest BCUT2D eigenvalue weighted by Gasteiger charge is 2.16. The molecule has 0 aromatic carbocycles. The predicted molar refractivity (Wildman–Crippen MR) is 62.6 cm³/mol. The van der Waals surface area contributed by atoms with Gasteiger partial charge in [0.2, 0.25) is 0 Å². The Morgan fingerprint density at radius 3 is 2.50 bits per heavy atom. The van der Waals surface area contributed by atoms with Gasteiger partial charge in [-0.2, -0.15) is 11.8 Å². The van der Waals surface area contributed by atoms with Gasteiger partial charge in [-0.25, -0.2) is 0 Å². The van der Waals surface area contributed by atoms with E-state index in [-0.39, 0.29) is 17.9 Å². The molecule has 0 radical (unpaired) electrons. The normalized spacial score (nSPS) is 15.9. The topological polar surface area (TPSA) is 55.5 Å². The van der Waals surface area contributed by atoms with Crippen LogP contribution in [0.4, 0.5) is 0 Å². The lowest BCUT2D eigenvalue weighted by molar-refractivity contribution is 0.167. The lowest BCUT2D eigenvalue weighted by Crippen LogP contribution is -2.39. The van der Waals surface area contributed by atoms with E-state index in [1.165, 1.54) is 6.42 Å². The molecule has 0 saturated heterocycles. The Hall–Kier alpha value is 0.230. The van der Waals surface area contributed by atoms with Crippen molar-refractivity contribution in [2.45, 2.75) is 31.6 Å². The second-order valence-electron chi connectivity index (χ2n) is 3.89. The summed E-state index contributed by atoms with van der Waals surface area (Å²) in [6.07, 6.45) is 1.17. The Kier molecular flexibility index (Phi) is 8.67. The Morgan fingerprint density at radius 1 is 1.43 bits per heavy atom. The molecule has 0 heterocycles. The van der Waals surface area contributed by atoms with Crippen LogP contribution in [0.3, 0.4) is 0 Å². The van der Waals surface area contributed by atoms with Crippen LogP contribution in [0.25, 0.3) is 0 Å². The number of ether oxygens (including phenoxy) is 1. The first kappa shape index (κ1) is 14.2. The van der Waals surface area contributed by atoms with Gasteiger partial charge in [-0.3, -0.25) is 0 Å². The van der Waals surface area contributed by atoms with E-state index in [2.05, 4.69) is 13.8 Å². The van der Waals surface area contributed by atoms with Gasteiger partial charge >= 0.3 is 0 Å². The highest BCUT2D eigenvalue weighted by molar-refractivity contribution is 7.99. The Morgan fingerprint density at radius 2 is 2.07 bits per heavy atom. The van der Waals surface area contributed by atoms with Crippen molar-refractivity contribution in [3.05, 3.63) is 0 Å². The number of hydrogen-bond donors (Lipinski definition) is 2. The summed E-state index contributed by atoms with van der Waals surface area (Å²) in [7, 11) is 1.63. The molecule has 0 spiro atoms. The summed E-state index contributed by atoms with van der Waals surface area (Å²) in [4.78, 5) is 0. The van der Waals surface area contributed by atoms with Crippen LogP contribution >= 0.6 is 11.8 Å². The van der Waals surface area contributed by atoms with E-state index in [4.69, 9.17) is 15.6 Å². The molecule has 0 saturated carbocycles. The van der Waals surface area contributed by atoms with Crippen LogP contribution in [0.2, 0.25) is 0 Å². The molecule has 0 bridgehead atoms. The number of hydrogen-bond acceptors (Lipinski definition) is 4. The summed E-state index contributed by atoms with van der Waals surface area (Å²) < 4.78 is 4.96. The number of rotatable bonds is 8. The van der Waals surface area contributed by atoms with Crippen molar-refractivity contribution in [2.75, 3.05) is 26.1 Å². The molecule has 3 nitrogen and oxygen atoms in total. The highest BCUT2D eigenvalue weighted by Crippen LogP contribution is 2.17. The summed E-state index contributed by atoms with van der Waals surface area (Å²) >= 11 is 1.74. The molecule has 0 aromatic heterocycles. The monoisotopic (exact) mass is 221 g/mol. The van der Waals surface area contributed by atoms with Crippen molar-refractivity contribution >= 4 is 11.8 Å². The Bertz CT molecular complexity index is 133. The van der Waals surface area contributed by atoms with Gasteiger partial charge in [0.1, 0.15) is 0 Å². The van der Waals surface area contributed by atoms with Gasteiger partial charge in [-0.1, -0.05) is 13.8 Å². The van der Waals surface area contributed by atoms with E-state index in [0.717, 1.165) is 5.75 Å². The average Bonchev–Trinajstić information content (AvgIpc) is 2.12. The first-order valence-corrected chi connectivity index (χ1v) is 6.13. The summed E-state index contributed by atoms with van der Waals surface area (Å²) in [6.45, 7) is 5.04. The van der Waals surface area contributed by atoms with E-state index in [1.807, 2.05) is 0 Å². The minimum absolute atomic E-state index is 0.0674. The summed E-state index contributed by atoms with van der Waals surface area (Å²) in [5.74, 6) is 1.76. The maximum absolute atomic E-state index is 9.13. The predicted octanol–water partition coefficient (Wildman–Crippen LogP) is 1.10. The second-order valence-corrected chi connectivity index (χ2v) is 5.24. The van der Waals surface area contributed by atoms with Crippen molar-refractivity contribution in [3.8, 4) is 0 Å². The molecule has 2 atom stereocenters. The molecule has 2 unspecified atom stereocenters. The fourth-order valence-electron chi connectivity index (χ4n) is 1.07. The van der Waals surface area contributed by atoms with Gasteiger partial charge in [0.15, 0.2) is 0 Å². The van der Waals surface area contributed by atoms with Crippen LogP contribution in [-0.2, 0) is 4.74 Å². The van der Waals surface area contributed by atoms with Crippen LogP contribution < -0.4 is 5.73 Å². The summed E-state index contributed by atoms with van der Waals surface area (Å²) in [5.41, 5.74) is 5.85. The highest BCUT2D eigenvalue weighted by atomic mass is 32.2. The quantitative estimate of drug-likeness (QED) is 0.644.